The summed E-state index contributed by atoms with van der Waals surface area (Å²) in [6.07, 6.45) is 9.64. The lowest BCUT2D eigenvalue weighted by molar-refractivity contribution is -0.135. The van der Waals surface area contributed by atoms with Crippen molar-refractivity contribution in [1.29, 1.82) is 0 Å². The van der Waals surface area contributed by atoms with Gasteiger partial charge in [0.05, 0.1) is 7.11 Å². The average Bonchev–Trinajstić information content (AvgIpc) is 2.65. The van der Waals surface area contributed by atoms with Gasteiger partial charge in [0.2, 0.25) is 0 Å². The number of carbonyl (C=O) groups is 2. The zero-order chi connectivity index (χ0) is 20.1. The van der Waals surface area contributed by atoms with Crippen LogP contribution >= 0.6 is 0 Å². The Balaban J connectivity index is 2.76. The molecule has 150 valence electrons. The number of hydrogen-bond donors (Lipinski definition) is 1. The van der Waals surface area contributed by atoms with Gasteiger partial charge in [0.1, 0.15) is 0 Å². The van der Waals surface area contributed by atoms with Gasteiger partial charge in [0.25, 0.3) is 0 Å². The van der Waals surface area contributed by atoms with Crippen molar-refractivity contribution >= 4 is 18.0 Å². The van der Waals surface area contributed by atoms with Crippen molar-refractivity contribution in [2.75, 3.05) is 7.11 Å². The third-order valence-electron chi connectivity index (χ3n) is 4.31. The number of methoxy groups -OCH3 is 1. The molecule has 0 aliphatic rings. The summed E-state index contributed by atoms with van der Waals surface area (Å²) in [7, 11) is 1.50. The van der Waals surface area contributed by atoms with Crippen LogP contribution in [-0.4, -0.2) is 24.2 Å². The topological polar surface area (TPSA) is 72.8 Å². The maximum atomic E-state index is 12.0. The van der Waals surface area contributed by atoms with E-state index in [1.165, 1.54) is 20.0 Å². The number of carboxylic acids is 1. The van der Waals surface area contributed by atoms with Crippen molar-refractivity contribution in [3.05, 3.63) is 29.3 Å². The van der Waals surface area contributed by atoms with Crippen LogP contribution in [0.15, 0.2) is 23.8 Å². The van der Waals surface area contributed by atoms with Crippen LogP contribution in [-0.2, 0) is 9.59 Å². The summed E-state index contributed by atoms with van der Waals surface area (Å²) in [4.78, 5) is 23.4. The highest BCUT2D eigenvalue weighted by Gasteiger charge is 2.12. The number of unbranched alkanes of at least 4 members (excludes halogenated alkanes) is 5. The molecule has 0 spiro atoms. The van der Waals surface area contributed by atoms with Gasteiger partial charge in [0, 0.05) is 12.0 Å². The Labute approximate surface area is 162 Å². The zero-order valence-electron chi connectivity index (χ0n) is 16.8. The van der Waals surface area contributed by atoms with Crippen molar-refractivity contribution in [2.24, 2.45) is 0 Å². The molecule has 27 heavy (non-hydrogen) atoms. The van der Waals surface area contributed by atoms with Crippen LogP contribution in [0.1, 0.15) is 77.2 Å². The highest BCUT2D eigenvalue weighted by molar-refractivity contribution is 5.92. The molecule has 0 saturated heterocycles. The highest BCUT2D eigenvalue weighted by Crippen LogP contribution is 2.30. The van der Waals surface area contributed by atoms with E-state index < -0.39 is 5.97 Å². The molecule has 0 fully saturated rings. The van der Waals surface area contributed by atoms with Crippen LogP contribution in [0.2, 0.25) is 0 Å². The van der Waals surface area contributed by atoms with Crippen LogP contribution in [0, 0.1) is 0 Å². The number of carbonyl (C=O) groups excluding carboxylic acids is 1. The summed E-state index contributed by atoms with van der Waals surface area (Å²) in [5.41, 5.74) is 1.07. The van der Waals surface area contributed by atoms with Gasteiger partial charge in [-0.1, -0.05) is 52.0 Å². The fraction of sp³-hybridized carbons (Fsp3) is 0.545. The average molecular weight is 376 g/mol. The second-order valence-electron chi connectivity index (χ2n) is 6.63. The smallest absolute Gasteiger partial charge is 0.331 e. The van der Waals surface area contributed by atoms with Gasteiger partial charge < -0.3 is 14.6 Å². The second-order valence-corrected chi connectivity index (χ2v) is 6.63. The third kappa shape index (κ3) is 8.76. The van der Waals surface area contributed by atoms with E-state index >= 15 is 0 Å². The van der Waals surface area contributed by atoms with Gasteiger partial charge in [-0.05, 0) is 43.0 Å². The minimum Gasteiger partial charge on any atom is -0.493 e. The first-order valence-electron chi connectivity index (χ1n) is 9.84. The molecule has 0 heterocycles. The van der Waals surface area contributed by atoms with E-state index in [9.17, 15) is 14.7 Å². The Hall–Kier alpha value is -2.30. The van der Waals surface area contributed by atoms with E-state index in [4.69, 9.17) is 9.47 Å². The maximum absolute atomic E-state index is 12.0. The van der Waals surface area contributed by atoms with Crippen molar-refractivity contribution in [3.8, 4) is 11.5 Å². The molecule has 0 bridgehead atoms. The quantitative estimate of drug-likeness (QED) is 0.209. The van der Waals surface area contributed by atoms with Gasteiger partial charge in [-0.2, -0.15) is 0 Å². The van der Waals surface area contributed by atoms with E-state index in [2.05, 4.69) is 6.92 Å². The van der Waals surface area contributed by atoms with Gasteiger partial charge in [-0.3, -0.25) is 4.79 Å². The predicted octanol–water partition coefficient (Wildman–Crippen LogP) is 5.62. The molecular weight excluding hydrogens is 344 g/mol. The number of ether oxygens (including phenoxy) is 2. The molecule has 1 N–H and O–H groups in total. The summed E-state index contributed by atoms with van der Waals surface area (Å²) < 4.78 is 10.7. The fourth-order valence-corrected chi connectivity index (χ4v) is 2.71. The van der Waals surface area contributed by atoms with Crippen molar-refractivity contribution in [3.63, 3.8) is 0 Å². The number of esters is 1. The molecule has 0 saturated carbocycles. The first-order chi connectivity index (χ1) is 13.0. The molecule has 1 aromatic carbocycles. The van der Waals surface area contributed by atoms with Crippen LogP contribution < -0.4 is 9.47 Å². The molecule has 0 unspecified atom stereocenters. The first-order valence-corrected chi connectivity index (χ1v) is 9.84. The van der Waals surface area contributed by atoms with Crippen LogP contribution in [0.25, 0.3) is 6.08 Å². The summed E-state index contributed by atoms with van der Waals surface area (Å²) in [5, 5.41) is 9.33. The van der Waals surface area contributed by atoms with E-state index in [-0.39, 0.29) is 5.97 Å². The number of benzene rings is 1. The van der Waals surface area contributed by atoms with E-state index in [1.54, 1.807) is 24.3 Å². The van der Waals surface area contributed by atoms with Crippen molar-refractivity contribution in [1.82, 2.24) is 0 Å². The van der Waals surface area contributed by atoms with Gasteiger partial charge >= 0.3 is 11.9 Å². The Morgan fingerprint density at radius 1 is 0.963 bits per heavy atom. The highest BCUT2D eigenvalue weighted by atomic mass is 16.6. The fourth-order valence-electron chi connectivity index (χ4n) is 2.71. The molecule has 0 aliphatic heterocycles. The SMILES string of the molecule is CCCCCCCC(=O)Oc1ccc(C=C(CCCC)C(=O)O)cc1OC. The molecular formula is C22H32O5. The van der Waals surface area contributed by atoms with E-state index in [0.717, 1.165) is 32.1 Å². The predicted molar refractivity (Wildman–Crippen MR) is 107 cm³/mol. The third-order valence-corrected chi connectivity index (χ3v) is 4.31. The molecule has 0 atom stereocenters. The lowest BCUT2D eigenvalue weighted by atomic mass is 10.0. The van der Waals surface area contributed by atoms with Crippen LogP contribution in [0.4, 0.5) is 0 Å². The lowest BCUT2D eigenvalue weighted by Crippen LogP contribution is -2.08. The summed E-state index contributed by atoms with van der Waals surface area (Å²) >= 11 is 0. The molecule has 5 heteroatoms. The molecule has 0 amide bonds. The van der Waals surface area contributed by atoms with Crippen molar-refractivity contribution in [2.45, 2.75) is 71.6 Å². The minimum absolute atomic E-state index is 0.276. The number of aliphatic carboxylic acids is 1. The minimum atomic E-state index is -0.916. The summed E-state index contributed by atoms with van der Waals surface area (Å²) in [6, 6.07) is 5.08. The Morgan fingerprint density at radius 2 is 1.67 bits per heavy atom. The van der Waals surface area contributed by atoms with Gasteiger partial charge in [0.15, 0.2) is 11.5 Å². The molecule has 0 radical (unpaired) electrons. The molecule has 0 aliphatic carbocycles. The Kier molecular flexibility index (Phi) is 10.9. The number of carboxylic acid groups (broad SMARTS) is 1. The van der Waals surface area contributed by atoms with E-state index in [0.29, 0.717) is 35.5 Å². The van der Waals surface area contributed by atoms with Crippen LogP contribution in [0.3, 0.4) is 0 Å². The van der Waals surface area contributed by atoms with Crippen molar-refractivity contribution < 1.29 is 24.2 Å². The van der Waals surface area contributed by atoms with E-state index in [1.807, 2.05) is 6.92 Å². The first kappa shape index (κ1) is 22.7. The largest absolute Gasteiger partial charge is 0.493 e. The van der Waals surface area contributed by atoms with Gasteiger partial charge in [-0.25, -0.2) is 4.79 Å². The Bertz CT molecular complexity index is 634. The summed E-state index contributed by atoms with van der Waals surface area (Å²) in [6.45, 7) is 4.18. The number of rotatable bonds is 13. The molecule has 1 rings (SSSR count). The summed E-state index contributed by atoms with van der Waals surface area (Å²) in [5.74, 6) is -0.412. The lowest BCUT2D eigenvalue weighted by Gasteiger charge is -2.10. The molecule has 0 aromatic heterocycles. The zero-order valence-corrected chi connectivity index (χ0v) is 16.8. The number of hydrogen-bond acceptors (Lipinski definition) is 4. The van der Waals surface area contributed by atoms with Crippen LogP contribution in [0.5, 0.6) is 11.5 Å². The second kappa shape index (κ2) is 13.0. The normalized spacial score (nSPS) is 11.3. The monoisotopic (exact) mass is 376 g/mol. The standard InChI is InChI=1S/C22H32O5/c1-4-6-8-9-10-12-21(23)27-19-14-13-17(16-20(19)26-3)15-18(22(24)25)11-7-5-2/h13-16H,4-12H2,1-3H3,(H,24,25). The van der Waals surface area contributed by atoms with Gasteiger partial charge in [-0.15, -0.1) is 0 Å². The Morgan fingerprint density at radius 3 is 2.30 bits per heavy atom. The molecule has 5 nitrogen and oxygen atoms in total. The maximum Gasteiger partial charge on any atom is 0.331 e. The molecule has 1 aromatic rings.